The maximum absolute atomic E-state index is 13.9. The first-order chi connectivity index (χ1) is 9.97. The summed E-state index contributed by atoms with van der Waals surface area (Å²) in [6.07, 6.45) is 2.41. The lowest BCUT2D eigenvalue weighted by Crippen LogP contribution is -2.40. The van der Waals surface area contributed by atoms with Gasteiger partial charge in [-0.25, -0.2) is 4.39 Å². The third-order valence-electron chi connectivity index (χ3n) is 3.73. The number of piperidine rings is 1. The van der Waals surface area contributed by atoms with Crippen molar-refractivity contribution in [2.45, 2.75) is 25.7 Å². The summed E-state index contributed by atoms with van der Waals surface area (Å²) in [4.78, 5) is 24.6. The highest BCUT2D eigenvalue weighted by Crippen LogP contribution is 2.24. The van der Waals surface area contributed by atoms with E-state index in [1.807, 2.05) is 0 Å². The lowest BCUT2D eigenvalue weighted by atomic mass is 9.93. The zero-order valence-electron chi connectivity index (χ0n) is 11.5. The van der Waals surface area contributed by atoms with Crippen LogP contribution in [0.25, 0.3) is 0 Å². The molecule has 4 nitrogen and oxygen atoms in total. The number of carbonyl (C=O) groups is 2. The van der Waals surface area contributed by atoms with Gasteiger partial charge in [0, 0.05) is 24.0 Å². The molecule has 1 atom stereocenters. The van der Waals surface area contributed by atoms with Gasteiger partial charge >= 0.3 is 5.97 Å². The maximum Gasteiger partial charge on any atom is 0.303 e. The highest BCUT2D eigenvalue weighted by molar-refractivity contribution is 9.10. The molecule has 1 aromatic rings. The summed E-state index contributed by atoms with van der Waals surface area (Å²) in [5.41, 5.74) is 0.0667. The lowest BCUT2D eigenvalue weighted by Gasteiger charge is -2.32. The van der Waals surface area contributed by atoms with Crippen LogP contribution < -0.4 is 0 Å². The Kier molecular flexibility index (Phi) is 5.33. The molecule has 1 aliphatic heterocycles. The van der Waals surface area contributed by atoms with Crippen molar-refractivity contribution in [2.24, 2.45) is 5.92 Å². The number of amides is 1. The zero-order chi connectivity index (χ0) is 15.4. The predicted octanol–water partition coefficient (Wildman–Crippen LogP) is 3.31. The molecule has 6 heteroatoms. The smallest absolute Gasteiger partial charge is 0.303 e. The first kappa shape index (κ1) is 15.9. The first-order valence-corrected chi connectivity index (χ1v) is 7.73. The number of carboxylic acids is 1. The molecule has 1 saturated heterocycles. The standard InChI is InChI=1S/C15H17BrFNO3/c16-11-4-5-12(13(17)8-11)15(21)18-7-1-2-10(9-18)3-6-14(19)20/h4-5,8,10H,1-3,6-7,9H2,(H,19,20). The van der Waals surface area contributed by atoms with Crippen molar-refractivity contribution in [3.8, 4) is 0 Å². The second kappa shape index (κ2) is 7.02. The van der Waals surface area contributed by atoms with Crippen LogP contribution in [0.4, 0.5) is 4.39 Å². The zero-order valence-corrected chi connectivity index (χ0v) is 13.1. The van der Waals surface area contributed by atoms with E-state index in [1.165, 1.54) is 12.1 Å². The molecule has 21 heavy (non-hydrogen) atoms. The molecule has 1 aliphatic rings. The van der Waals surface area contributed by atoms with Gasteiger partial charge in [-0.1, -0.05) is 15.9 Å². The summed E-state index contributed by atoms with van der Waals surface area (Å²) in [6, 6.07) is 4.39. The maximum atomic E-state index is 13.9. The molecule has 1 fully saturated rings. The van der Waals surface area contributed by atoms with Crippen LogP contribution in [-0.4, -0.2) is 35.0 Å². The Hall–Kier alpha value is -1.43. The van der Waals surface area contributed by atoms with Crippen LogP contribution in [-0.2, 0) is 4.79 Å². The third-order valence-corrected chi connectivity index (χ3v) is 4.23. The number of hydrogen-bond acceptors (Lipinski definition) is 2. The topological polar surface area (TPSA) is 57.6 Å². The average Bonchev–Trinajstić information content (AvgIpc) is 2.45. The van der Waals surface area contributed by atoms with Gasteiger partial charge in [-0.2, -0.15) is 0 Å². The molecular weight excluding hydrogens is 341 g/mol. The monoisotopic (exact) mass is 357 g/mol. The van der Waals surface area contributed by atoms with Crippen molar-refractivity contribution >= 4 is 27.8 Å². The fraction of sp³-hybridized carbons (Fsp3) is 0.467. The van der Waals surface area contributed by atoms with Crippen LogP contribution in [0.5, 0.6) is 0 Å². The lowest BCUT2D eigenvalue weighted by molar-refractivity contribution is -0.137. The number of rotatable bonds is 4. The number of aliphatic carboxylic acids is 1. The van der Waals surface area contributed by atoms with Gasteiger partial charge in [0.15, 0.2) is 0 Å². The van der Waals surface area contributed by atoms with Crippen LogP contribution in [0, 0.1) is 11.7 Å². The van der Waals surface area contributed by atoms with Crippen LogP contribution in [0.3, 0.4) is 0 Å². The molecule has 1 amide bonds. The fourth-order valence-electron chi connectivity index (χ4n) is 2.65. The summed E-state index contributed by atoms with van der Waals surface area (Å²) in [6.45, 7) is 1.10. The minimum absolute atomic E-state index is 0.0667. The van der Waals surface area contributed by atoms with Gasteiger partial charge in [0.25, 0.3) is 5.91 Å². The third kappa shape index (κ3) is 4.27. The van der Waals surface area contributed by atoms with Crippen molar-refractivity contribution in [3.63, 3.8) is 0 Å². The van der Waals surface area contributed by atoms with E-state index in [9.17, 15) is 14.0 Å². The molecule has 0 aliphatic carbocycles. The van der Waals surface area contributed by atoms with Gasteiger partial charge in [-0.15, -0.1) is 0 Å². The Morgan fingerprint density at radius 3 is 2.86 bits per heavy atom. The molecule has 0 aromatic heterocycles. The van der Waals surface area contributed by atoms with Crippen molar-refractivity contribution in [3.05, 3.63) is 34.1 Å². The number of likely N-dealkylation sites (tertiary alicyclic amines) is 1. The summed E-state index contributed by atoms with van der Waals surface area (Å²) in [5.74, 6) is -1.50. The summed E-state index contributed by atoms with van der Waals surface area (Å²) >= 11 is 3.16. The van der Waals surface area contributed by atoms with E-state index in [2.05, 4.69) is 15.9 Å². The molecule has 0 spiro atoms. The normalized spacial score (nSPS) is 18.6. The molecular formula is C15H17BrFNO3. The molecule has 0 bridgehead atoms. The van der Waals surface area contributed by atoms with E-state index < -0.39 is 11.8 Å². The van der Waals surface area contributed by atoms with E-state index >= 15 is 0 Å². The van der Waals surface area contributed by atoms with E-state index in [1.54, 1.807) is 11.0 Å². The van der Waals surface area contributed by atoms with Crippen molar-refractivity contribution in [2.75, 3.05) is 13.1 Å². The number of hydrogen-bond donors (Lipinski definition) is 1. The van der Waals surface area contributed by atoms with Crippen molar-refractivity contribution in [1.82, 2.24) is 4.90 Å². The molecule has 0 radical (unpaired) electrons. The quantitative estimate of drug-likeness (QED) is 0.899. The summed E-state index contributed by atoms with van der Waals surface area (Å²) < 4.78 is 14.4. The van der Waals surface area contributed by atoms with Gasteiger partial charge in [-0.3, -0.25) is 9.59 Å². The Bertz CT molecular complexity index is 550. The Morgan fingerprint density at radius 2 is 2.19 bits per heavy atom. The molecule has 1 unspecified atom stereocenters. The first-order valence-electron chi connectivity index (χ1n) is 6.93. The van der Waals surface area contributed by atoms with Crippen molar-refractivity contribution < 1.29 is 19.1 Å². The Labute approximate surface area is 131 Å². The predicted molar refractivity (Wildman–Crippen MR) is 79.6 cm³/mol. The van der Waals surface area contributed by atoms with Gasteiger partial charge in [0.05, 0.1) is 5.56 Å². The van der Waals surface area contributed by atoms with Gasteiger partial charge in [0.2, 0.25) is 0 Å². The van der Waals surface area contributed by atoms with Crippen LogP contribution in [0.1, 0.15) is 36.0 Å². The number of nitrogens with zero attached hydrogens (tertiary/aromatic N) is 1. The van der Waals surface area contributed by atoms with Gasteiger partial charge in [0.1, 0.15) is 5.82 Å². The van der Waals surface area contributed by atoms with Crippen molar-refractivity contribution in [1.29, 1.82) is 0 Å². The minimum Gasteiger partial charge on any atom is -0.481 e. The second-order valence-electron chi connectivity index (χ2n) is 5.32. The van der Waals surface area contributed by atoms with Crippen LogP contribution in [0.2, 0.25) is 0 Å². The summed E-state index contributed by atoms with van der Waals surface area (Å²) in [7, 11) is 0. The van der Waals surface area contributed by atoms with Crippen LogP contribution in [0.15, 0.2) is 22.7 Å². The molecule has 1 aromatic carbocycles. The number of benzene rings is 1. The highest BCUT2D eigenvalue weighted by Gasteiger charge is 2.26. The second-order valence-corrected chi connectivity index (χ2v) is 6.23. The average molecular weight is 358 g/mol. The number of carboxylic acid groups (broad SMARTS) is 1. The highest BCUT2D eigenvalue weighted by atomic mass is 79.9. The SMILES string of the molecule is O=C(O)CCC1CCCN(C(=O)c2ccc(Br)cc2F)C1. The molecule has 114 valence electrons. The van der Waals surface area contributed by atoms with Gasteiger partial charge in [-0.05, 0) is 43.4 Å². The molecule has 0 saturated carbocycles. The summed E-state index contributed by atoms with van der Waals surface area (Å²) in [5, 5.41) is 8.73. The van der Waals surface area contributed by atoms with E-state index in [4.69, 9.17) is 5.11 Å². The molecule has 2 rings (SSSR count). The Morgan fingerprint density at radius 1 is 1.43 bits per heavy atom. The fourth-order valence-corrected chi connectivity index (χ4v) is 2.98. The molecule has 1 heterocycles. The van der Waals surface area contributed by atoms with E-state index in [0.717, 1.165) is 12.8 Å². The minimum atomic E-state index is -0.822. The molecule has 1 N–H and O–H groups in total. The van der Waals surface area contributed by atoms with Gasteiger partial charge < -0.3 is 10.0 Å². The van der Waals surface area contributed by atoms with E-state index in [-0.39, 0.29) is 23.8 Å². The number of carbonyl (C=O) groups excluding carboxylic acids is 1. The largest absolute Gasteiger partial charge is 0.481 e. The Balaban J connectivity index is 2.03. The number of halogens is 2. The van der Waals surface area contributed by atoms with Crippen LogP contribution >= 0.6 is 15.9 Å². The van der Waals surface area contributed by atoms with E-state index in [0.29, 0.717) is 24.0 Å².